The number of benzene rings is 2. The Morgan fingerprint density at radius 2 is 1.53 bits per heavy atom. The van der Waals surface area contributed by atoms with E-state index in [2.05, 4.69) is 17.0 Å². The summed E-state index contributed by atoms with van der Waals surface area (Å²) in [6.45, 7) is 6.04. The summed E-state index contributed by atoms with van der Waals surface area (Å²) < 4.78 is 18.9. The maximum Gasteiger partial charge on any atom is 0.277 e. The predicted molar refractivity (Wildman–Crippen MR) is 121 cm³/mol. The van der Waals surface area contributed by atoms with Gasteiger partial charge in [0.25, 0.3) is 11.8 Å². The summed E-state index contributed by atoms with van der Waals surface area (Å²) in [7, 11) is 0. The fourth-order valence-corrected chi connectivity index (χ4v) is 4.23. The van der Waals surface area contributed by atoms with E-state index >= 15 is 0 Å². The van der Waals surface area contributed by atoms with Crippen molar-refractivity contribution >= 4 is 23.1 Å². The van der Waals surface area contributed by atoms with Crippen molar-refractivity contribution in [3.8, 4) is 0 Å². The Bertz CT molecular complexity index is 983. The van der Waals surface area contributed by atoms with Crippen LogP contribution >= 0.6 is 0 Å². The molecule has 2 heterocycles. The molecule has 0 aliphatic carbocycles. The fourth-order valence-electron chi connectivity index (χ4n) is 4.23. The van der Waals surface area contributed by atoms with Gasteiger partial charge in [-0.15, -0.1) is 0 Å². The topological polar surface area (TPSA) is 53.1 Å². The second-order valence-corrected chi connectivity index (χ2v) is 7.85. The average Bonchev–Trinajstić information content (AvgIpc) is 3.07. The predicted octanol–water partition coefficient (Wildman–Crippen LogP) is 3.15. The molecule has 0 bridgehead atoms. The van der Waals surface area contributed by atoms with Gasteiger partial charge in [0, 0.05) is 51.6 Å². The van der Waals surface area contributed by atoms with E-state index in [1.807, 2.05) is 30.0 Å². The van der Waals surface area contributed by atoms with Gasteiger partial charge in [0.15, 0.2) is 0 Å². The first-order valence-electron chi connectivity index (χ1n) is 11.1. The van der Waals surface area contributed by atoms with Crippen LogP contribution in [0.15, 0.2) is 60.3 Å². The highest BCUT2D eigenvalue weighted by molar-refractivity contribution is 6.35. The standard InChI is InChI=1S/C25H28FN3O3/c1-2-32-18-6-13-29-24(30)22(19-9-11-20(26)12-10-19)23(25(29)31)28-16-14-27(15-17-28)21-7-4-3-5-8-21/h3-5,7-12H,2,6,13-18H2,1H3. The molecule has 0 atom stereocenters. The molecule has 1 fully saturated rings. The minimum Gasteiger partial charge on any atom is -0.382 e. The molecular formula is C25H28FN3O3. The summed E-state index contributed by atoms with van der Waals surface area (Å²) in [6, 6.07) is 15.9. The number of halogens is 1. The maximum absolute atomic E-state index is 13.5. The van der Waals surface area contributed by atoms with Gasteiger partial charge in [-0.25, -0.2) is 4.39 Å². The first-order chi connectivity index (χ1) is 15.6. The molecule has 2 aromatic rings. The minimum atomic E-state index is -0.377. The molecule has 0 radical (unpaired) electrons. The van der Waals surface area contributed by atoms with Crippen molar-refractivity contribution in [3.05, 3.63) is 71.7 Å². The van der Waals surface area contributed by atoms with Crippen LogP contribution < -0.4 is 4.90 Å². The van der Waals surface area contributed by atoms with Crippen LogP contribution in [0.5, 0.6) is 0 Å². The molecule has 0 N–H and O–H groups in total. The molecule has 1 saturated heterocycles. The normalized spacial score (nSPS) is 17.0. The van der Waals surface area contributed by atoms with Crippen LogP contribution in [0.25, 0.3) is 5.57 Å². The van der Waals surface area contributed by atoms with Crippen LogP contribution in [-0.4, -0.2) is 67.6 Å². The number of imide groups is 1. The molecule has 0 aromatic heterocycles. The molecule has 4 rings (SSSR count). The molecule has 0 unspecified atom stereocenters. The maximum atomic E-state index is 13.5. The van der Waals surface area contributed by atoms with Crippen LogP contribution in [0.4, 0.5) is 10.1 Å². The van der Waals surface area contributed by atoms with Crippen LogP contribution in [0.2, 0.25) is 0 Å². The molecule has 2 aliphatic rings. The number of rotatable bonds is 8. The van der Waals surface area contributed by atoms with Crippen molar-refractivity contribution in [1.29, 1.82) is 0 Å². The van der Waals surface area contributed by atoms with Crippen LogP contribution in [0.3, 0.4) is 0 Å². The SMILES string of the molecule is CCOCCCN1C(=O)C(c2ccc(F)cc2)=C(N2CCN(c3ccccc3)CC2)C1=O. The van der Waals surface area contributed by atoms with E-state index in [-0.39, 0.29) is 17.6 Å². The molecule has 168 valence electrons. The van der Waals surface area contributed by atoms with Crippen LogP contribution in [-0.2, 0) is 14.3 Å². The summed E-state index contributed by atoms with van der Waals surface area (Å²) in [6.07, 6.45) is 0.580. The third-order valence-electron chi connectivity index (χ3n) is 5.87. The monoisotopic (exact) mass is 437 g/mol. The largest absolute Gasteiger partial charge is 0.382 e. The number of hydrogen-bond donors (Lipinski definition) is 0. The van der Waals surface area contributed by atoms with E-state index < -0.39 is 0 Å². The lowest BCUT2D eigenvalue weighted by Gasteiger charge is -2.37. The number of piperazine rings is 1. The number of amides is 2. The van der Waals surface area contributed by atoms with Crippen molar-refractivity contribution in [2.24, 2.45) is 0 Å². The Morgan fingerprint density at radius 1 is 0.875 bits per heavy atom. The number of nitrogens with zero attached hydrogens (tertiary/aromatic N) is 3. The molecule has 0 saturated carbocycles. The molecule has 2 amide bonds. The summed E-state index contributed by atoms with van der Waals surface area (Å²) in [5.41, 5.74) is 2.49. The third kappa shape index (κ3) is 4.53. The quantitative estimate of drug-likeness (QED) is 0.469. The number of anilines is 1. The summed E-state index contributed by atoms with van der Waals surface area (Å²) in [5, 5.41) is 0. The molecule has 7 heteroatoms. The van der Waals surface area contributed by atoms with Gasteiger partial charge < -0.3 is 14.5 Å². The van der Waals surface area contributed by atoms with Gasteiger partial charge in [-0.05, 0) is 43.2 Å². The van der Waals surface area contributed by atoms with E-state index in [9.17, 15) is 14.0 Å². The Morgan fingerprint density at radius 3 is 2.19 bits per heavy atom. The Labute approximate surface area is 187 Å². The summed E-state index contributed by atoms with van der Waals surface area (Å²) in [4.78, 5) is 32.2. The molecule has 32 heavy (non-hydrogen) atoms. The van der Waals surface area contributed by atoms with Crippen molar-refractivity contribution in [2.75, 3.05) is 50.8 Å². The first kappa shape index (κ1) is 22.0. The Hall–Kier alpha value is -3.19. The number of ether oxygens (including phenoxy) is 1. The highest BCUT2D eigenvalue weighted by atomic mass is 19.1. The van der Waals surface area contributed by atoms with E-state index in [1.165, 1.54) is 17.0 Å². The number of para-hydroxylation sites is 1. The lowest BCUT2D eigenvalue weighted by atomic mass is 10.0. The highest BCUT2D eigenvalue weighted by Crippen LogP contribution is 2.33. The van der Waals surface area contributed by atoms with Crippen molar-refractivity contribution in [3.63, 3.8) is 0 Å². The van der Waals surface area contributed by atoms with E-state index in [4.69, 9.17) is 4.74 Å². The van der Waals surface area contributed by atoms with Gasteiger partial charge in [-0.3, -0.25) is 14.5 Å². The zero-order valence-corrected chi connectivity index (χ0v) is 18.3. The average molecular weight is 438 g/mol. The van der Waals surface area contributed by atoms with Gasteiger partial charge in [-0.1, -0.05) is 30.3 Å². The van der Waals surface area contributed by atoms with Crippen LogP contribution in [0.1, 0.15) is 18.9 Å². The van der Waals surface area contributed by atoms with Crippen LogP contribution in [0, 0.1) is 5.82 Å². The van der Waals surface area contributed by atoms with Crippen molar-refractivity contribution in [2.45, 2.75) is 13.3 Å². The van der Waals surface area contributed by atoms with Gasteiger partial charge in [0.2, 0.25) is 0 Å². The summed E-state index contributed by atoms with van der Waals surface area (Å²) >= 11 is 0. The van der Waals surface area contributed by atoms with Gasteiger partial charge in [0.1, 0.15) is 11.5 Å². The fraction of sp³-hybridized carbons (Fsp3) is 0.360. The smallest absolute Gasteiger partial charge is 0.277 e. The van der Waals surface area contributed by atoms with Gasteiger partial charge in [-0.2, -0.15) is 0 Å². The zero-order valence-electron chi connectivity index (χ0n) is 18.3. The first-order valence-corrected chi connectivity index (χ1v) is 11.1. The second kappa shape index (κ2) is 9.96. The van der Waals surface area contributed by atoms with E-state index in [0.717, 1.165) is 18.8 Å². The minimum absolute atomic E-state index is 0.279. The Balaban J connectivity index is 1.57. The third-order valence-corrected chi connectivity index (χ3v) is 5.87. The molecule has 0 spiro atoms. The van der Waals surface area contributed by atoms with Crippen molar-refractivity contribution in [1.82, 2.24) is 9.80 Å². The highest BCUT2D eigenvalue weighted by Gasteiger charge is 2.41. The summed E-state index contributed by atoms with van der Waals surface area (Å²) in [5.74, 6) is -0.977. The van der Waals surface area contributed by atoms with Crippen molar-refractivity contribution < 1.29 is 18.7 Å². The molecule has 2 aromatic carbocycles. The van der Waals surface area contributed by atoms with E-state index in [0.29, 0.717) is 56.1 Å². The zero-order chi connectivity index (χ0) is 22.5. The molecule has 6 nitrogen and oxygen atoms in total. The second-order valence-electron chi connectivity index (χ2n) is 7.85. The van der Waals surface area contributed by atoms with E-state index in [1.54, 1.807) is 12.1 Å². The van der Waals surface area contributed by atoms with Gasteiger partial charge >= 0.3 is 0 Å². The molecular weight excluding hydrogens is 409 g/mol. The number of hydrogen-bond acceptors (Lipinski definition) is 5. The number of carbonyl (C=O) groups excluding carboxylic acids is 2. The lowest BCUT2D eigenvalue weighted by molar-refractivity contribution is -0.137. The van der Waals surface area contributed by atoms with Gasteiger partial charge in [0.05, 0.1) is 5.57 Å². The molecule has 2 aliphatic heterocycles. The Kier molecular flexibility index (Phi) is 6.85. The lowest BCUT2D eigenvalue weighted by Crippen LogP contribution is -2.47. The number of carbonyl (C=O) groups is 2.